The number of fused-ring (bicyclic) bond motifs is 1. The van der Waals surface area contributed by atoms with E-state index in [2.05, 4.69) is 64.2 Å². The van der Waals surface area contributed by atoms with Gasteiger partial charge in [0.1, 0.15) is 0 Å². The molecular weight excluding hydrogens is 326 g/mol. The fourth-order valence-corrected chi connectivity index (χ4v) is 4.50. The van der Waals surface area contributed by atoms with Gasteiger partial charge >= 0.3 is 0 Å². The summed E-state index contributed by atoms with van der Waals surface area (Å²) in [6.45, 7) is 7.81. The van der Waals surface area contributed by atoms with Gasteiger partial charge in [-0.05, 0) is 38.8 Å². The number of allylic oxidation sites excluding steroid dienone is 2. The lowest BCUT2D eigenvalue weighted by Gasteiger charge is -2.37. The summed E-state index contributed by atoms with van der Waals surface area (Å²) in [4.78, 5) is 2.57. The maximum Gasteiger partial charge on any atom is 0.0904 e. The number of likely N-dealkylation sites (N-methyl/N-ethyl adjacent to an activating group) is 1. The topological polar surface area (TPSA) is 58.2 Å². The first-order chi connectivity index (χ1) is 12.6. The van der Waals surface area contributed by atoms with Gasteiger partial charge in [0.15, 0.2) is 0 Å². The molecule has 0 atom stereocenters. The summed E-state index contributed by atoms with van der Waals surface area (Å²) in [6.07, 6.45) is 8.67. The molecule has 0 bridgehead atoms. The first-order valence-corrected chi connectivity index (χ1v) is 9.60. The third kappa shape index (κ3) is 2.34. The fraction of sp³-hybridized carbons (Fsp3) is 0.526. The standard InChI is InChI=1S/C19H27N7/c1-12(2)25-8-6-13(7-9-25)26-11-14-15(22-26)4-5-16-18-17(10-20-21-16)24(3)23-19(14)18/h4-5,10,12-13,20-21,23H,6-9,11H2,1-3H3. The van der Waals surface area contributed by atoms with Gasteiger partial charge < -0.3 is 15.8 Å². The fourth-order valence-electron chi connectivity index (χ4n) is 4.50. The van der Waals surface area contributed by atoms with E-state index in [4.69, 9.17) is 5.10 Å². The normalized spacial score (nSPS) is 25.5. The van der Waals surface area contributed by atoms with E-state index < -0.39 is 0 Å². The Bertz CT molecular complexity index is 778. The molecule has 2 saturated heterocycles. The van der Waals surface area contributed by atoms with E-state index in [0.29, 0.717) is 12.1 Å². The molecule has 0 aromatic rings. The molecule has 0 radical (unpaired) electrons. The molecule has 26 heavy (non-hydrogen) atoms. The van der Waals surface area contributed by atoms with Gasteiger partial charge in [0.05, 0.1) is 34.9 Å². The average molecular weight is 353 g/mol. The molecule has 0 amide bonds. The number of rotatable bonds is 2. The second-order valence-electron chi connectivity index (χ2n) is 7.89. The second kappa shape index (κ2) is 5.81. The van der Waals surface area contributed by atoms with E-state index in [1.54, 1.807) is 0 Å². The highest BCUT2D eigenvalue weighted by molar-refractivity contribution is 6.11. The van der Waals surface area contributed by atoms with Crippen molar-refractivity contribution in [3.05, 3.63) is 46.6 Å². The predicted molar refractivity (Wildman–Crippen MR) is 102 cm³/mol. The summed E-state index contributed by atoms with van der Waals surface area (Å²) >= 11 is 0. The first-order valence-electron chi connectivity index (χ1n) is 9.60. The van der Waals surface area contributed by atoms with Gasteiger partial charge in [-0.25, -0.2) is 0 Å². The Morgan fingerprint density at radius 3 is 2.77 bits per heavy atom. The third-order valence-electron chi connectivity index (χ3n) is 6.06. The molecule has 2 fully saturated rings. The highest BCUT2D eigenvalue weighted by atomic mass is 15.6. The van der Waals surface area contributed by atoms with E-state index >= 15 is 0 Å². The Balaban J connectivity index is 1.42. The van der Waals surface area contributed by atoms with Gasteiger partial charge in [-0.2, -0.15) is 5.10 Å². The van der Waals surface area contributed by atoms with Crippen LogP contribution >= 0.6 is 0 Å². The molecule has 7 heteroatoms. The first kappa shape index (κ1) is 15.8. The van der Waals surface area contributed by atoms with Crippen molar-refractivity contribution in [1.82, 2.24) is 31.2 Å². The van der Waals surface area contributed by atoms with Gasteiger partial charge in [-0.3, -0.25) is 15.4 Å². The summed E-state index contributed by atoms with van der Waals surface area (Å²) in [5.41, 5.74) is 17.0. The molecule has 0 spiro atoms. The number of hydrogen-bond acceptors (Lipinski definition) is 7. The molecule has 0 aromatic carbocycles. The Labute approximate surface area is 154 Å². The molecule has 5 aliphatic rings. The zero-order valence-electron chi connectivity index (χ0n) is 15.7. The number of nitrogens with one attached hydrogen (secondary N) is 3. The van der Waals surface area contributed by atoms with Crippen molar-refractivity contribution in [1.29, 1.82) is 0 Å². The van der Waals surface area contributed by atoms with Crippen LogP contribution < -0.4 is 16.3 Å². The van der Waals surface area contributed by atoms with Crippen molar-refractivity contribution in [2.24, 2.45) is 5.10 Å². The van der Waals surface area contributed by atoms with Crippen LogP contribution in [0.3, 0.4) is 0 Å². The van der Waals surface area contributed by atoms with Gasteiger partial charge in [-0.15, -0.1) is 0 Å². The number of piperidine rings is 1. The quantitative estimate of drug-likeness (QED) is 0.689. The molecular formula is C19H27N7. The van der Waals surface area contributed by atoms with Crippen LogP contribution in [0.2, 0.25) is 0 Å². The maximum atomic E-state index is 5.00. The van der Waals surface area contributed by atoms with Crippen molar-refractivity contribution in [3.8, 4) is 0 Å². The lowest BCUT2D eigenvalue weighted by atomic mass is 10.0. The van der Waals surface area contributed by atoms with E-state index in [9.17, 15) is 0 Å². The van der Waals surface area contributed by atoms with Crippen LogP contribution in [0.15, 0.2) is 51.7 Å². The van der Waals surface area contributed by atoms with E-state index in [-0.39, 0.29) is 0 Å². The number of hydrazone groups is 1. The molecule has 5 rings (SSSR count). The van der Waals surface area contributed by atoms with Crippen LogP contribution in [0.25, 0.3) is 0 Å². The molecule has 4 heterocycles. The Hall–Kier alpha value is -2.41. The van der Waals surface area contributed by atoms with Gasteiger partial charge in [0.25, 0.3) is 0 Å². The summed E-state index contributed by atoms with van der Waals surface area (Å²) in [6, 6.07) is 1.18. The highest BCUT2D eigenvalue weighted by Gasteiger charge is 2.37. The van der Waals surface area contributed by atoms with Crippen molar-refractivity contribution in [2.75, 3.05) is 26.7 Å². The lowest BCUT2D eigenvalue weighted by molar-refractivity contribution is 0.104. The van der Waals surface area contributed by atoms with Gasteiger partial charge in [-0.1, -0.05) is 0 Å². The SMILES string of the molecule is CC(C)N1CCC(N2CC3=C4NN(C)C5=CNNC(=C54)C=CC3=N2)CC1. The minimum Gasteiger partial charge on any atom is -0.306 e. The van der Waals surface area contributed by atoms with Crippen molar-refractivity contribution in [3.63, 3.8) is 0 Å². The summed E-state index contributed by atoms with van der Waals surface area (Å²) in [5.74, 6) is 0. The Morgan fingerprint density at radius 2 is 2.00 bits per heavy atom. The second-order valence-corrected chi connectivity index (χ2v) is 7.89. The largest absolute Gasteiger partial charge is 0.306 e. The number of hydrazine groups is 2. The molecule has 3 N–H and O–H groups in total. The van der Waals surface area contributed by atoms with E-state index in [1.165, 1.54) is 42.8 Å². The summed E-state index contributed by atoms with van der Waals surface area (Å²) in [5, 5.41) is 9.40. The molecule has 0 unspecified atom stereocenters. The van der Waals surface area contributed by atoms with Crippen LogP contribution in [-0.2, 0) is 0 Å². The van der Waals surface area contributed by atoms with Crippen LogP contribution in [0, 0.1) is 0 Å². The van der Waals surface area contributed by atoms with E-state index in [0.717, 1.165) is 23.7 Å². The number of nitrogens with zero attached hydrogens (tertiary/aromatic N) is 4. The zero-order valence-corrected chi connectivity index (χ0v) is 15.7. The number of hydrogen-bond donors (Lipinski definition) is 3. The monoisotopic (exact) mass is 353 g/mol. The minimum atomic E-state index is 0.541. The molecule has 1 aliphatic carbocycles. The highest BCUT2D eigenvalue weighted by Crippen LogP contribution is 2.37. The molecule has 138 valence electrons. The maximum absolute atomic E-state index is 5.00. The molecule has 4 aliphatic heterocycles. The van der Waals surface area contributed by atoms with Crippen LogP contribution in [0.5, 0.6) is 0 Å². The van der Waals surface area contributed by atoms with Crippen molar-refractivity contribution >= 4 is 5.71 Å². The number of likely N-dealkylation sites (tertiary alicyclic amines) is 1. The van der Waals surface area contributed by atoms with Gasteiger partial charge in [0, 0.05) is 44.0 Å². The molecule has 0 aromatic heterocycles. The average Bonchev–Trinajstić information content (AvgIpc) is 3.18. The van der Waals surface area contributed by atoms with Crippen LogP contribution in [0.1, 0.15) is 26.7 Å². The van der Waals surface area contributed by atoms with Gasteiger partial charge in [0.2, 0.25) is 0 Å². The van der Waals surface area contributed by atoms with Crippen molar-refractivity contribution < 1.29 is 0 Å². The summed E-state index contributed by atoms with van der Waals surface area (Å²) < 4.78 is 0. The molecule has 7 nitrogen and oxygen atoms in total. The summed E-state index contributed by atoms with van der Waals surface area (Å²) in [7, 11) is 2.06. The Kier molecular flexibility index (Phi) is 3.53. The zero-order chi connectivity index (χ0) is 17.8. The minimum absolute atomic E-state index is 0.541. The van der Waals surface area contributed by atoms with Crippen LogP contribution in [-0.4, -0.2) is 59.4 Å². The van der Waals surface area contributed by atoms with E-state index in [1.807, 2.05) is 6.20 Å². The van der Waals surface area contributed by atoms with Crippen LogP contribution in [0.4, 0.5) is 0 Å². The third-order valence-corrected chi connectivity index (χ3v) is 6.06. The smallest absolute Gasteiger partial charge is 0.0904 e. The predicted octanol–water partition coefficient (Wildman–Crippen LogP) is 1.01. The Morgan fingerprint density at radius 1 is 1.19 bits per heavy atom. The van der Waals surface area contributed by atoms with Crippen molar-refractivity contribution in [2.45, 2.75) is 38.8 Å². The lowest BCUT2D eigenvalue weighted by Crippen LogP contribution is -2.45. The molecule has 0 saturated carbocycles.